The zero-order valence-electron chi connectivity index (χ0n) is 9.60. The van der Waals surface area contributed by atoms with Gasteiger partial charge in [0.2, 0.25) is 0 Å². The van der Waals surface area contributed by atoms with Crippen LogP contribution in [0.4, 0.5) is 0 Å². The maximum absolute atomic E-state index is 5.32. The van der Waals surface area contributed by atoms with Gasteiger partial charge in [-0.05, 0) is 11.1 Å². The van der Waals surface area contributed by atoms with Gasteiger partial charge in [0.25, 0.3) is 0 Å². The SMILES string of the molecule is S=C(Cc1ccccc1)NCc1ccccc1. The van der Waals surface area contributed by atoms with Gasteiger partial charge in [-0.25, -0.2) is 0 Å². The minimum atomic E-state index is 0.798. The van der Waals surface area contributed by atoms with Crippen LogP contribution in [-0.4, -0.2) is 4.99 Å². The molecular weight excluding hydrogens is 226 g/mol. The third-order valence-corrected chi connectivity index (χ3v) is 2.83. The van der Waals surface area contributed by atoms with Gasteiger partial charge in [-0.1, -0.05) is 72.9 Å². The average Bonchev–Trinajstić information content (AvgIpc) is 2.39. The Kier molecular flexibility index (Phi) is 4.28. The molecule has 0 saturated carbocycles. The van der Waals surface area contributed by atoms with Crippen LogP contribution >= 0.6 is 12.2 Å². The number of nitrogens with one attached hydrogen (secondary N) is 1. The molecule has 1 nitrogen and oxygen atoms in total. The van der Waals surface area contributed by atoms with Crippen molar-refractivity contribution in [3.8, 4) is 0 Å². The van der Waals surface area contributed by atoms with Crippen LogP contribution in [0.2, 0.25) is 0 Å². The zero-order chi connectivity index (χ0) is 11.9. The van der Waals surface area contributed by atoms with Gasteiger partial charge in [0.05, 0.1) is 4.99 Å². The molecule has 0 fully saturated rings. The fraction of sp³-hybridized carbons (Fsp3) is 0.133. The summed E-state index contributed by atoms with van der Waals surface area (Å²) in [6.45, 7) is 0.798. The minimum absolute atomic E-state index is 0.798. The second-order valence-corrected chi connectivity index (χ2v) is 4.42. The van der Waals surface area contributed by atoms with Gasteiger partial charge >= 0.3 is 0 Å². The van der Waals surface area contributed by atoms with E-state index in [4.69, 9.17) is 12.2 Å². The van der Waals surface area contributed by atoms with Gasteiger partial charge in [-0.2, -0.15) is 0 Å². The Hall–Kier alpha value is -1.67. The molecule has 2 heteroatoms. The standard InChI is InChI=1S/C15H15NS/c17-15(11-13-7-3-1-4-8-13)16-12-14-9-5-2-6-10-14/h1-10H,11-12H2,(H,16,17). The van der Waals surface area contributed by atoms with Crippen LogP contribution in [-0.2, 0) is 13.0 Å². The maximum Gasteiger partial charge on any atom is 0.0800 e. The number of rotatable bonds is 4. The lowest BCUT2D eigenvalue weighted by atomic mass is 10.1. The molecule has 0 spiro atoms. The van der Waals surface area contributed by atoms with E-state index in [0.29, 0.717) is 0 Å². The predicted molar refractivity (Wildman–Crippen MR) is 76.0 cm³/mol. The first-order valence-corrected chi connectivity index (χ1v) is 6.10. The summed E-state index contributed by atoms with van der Waals surface area (Å²) < 4.78 is 0. The molecule has 0 bridgehead atoms. The summed E-state index contributed by atoms with van der Waals surface area (Å²) in [4.78, 5) is 0.889. The van der Waals surface area contributed by atoms with E-state index in [1.807, 2.05) is 36.4 Å². The quantitative estimate of drug-likeness (QED) is 0.824. The molecule has 0 aromatic heterocycles. The molecule has 0 saturated heterocycles. The van der Waals surface area contributed by atoms with Crippen LogP contribution in [0.25, 0.3) is 0 Å². The highest BCUT2D eigenvalue weighted by Gasteiger charge is 1.98. The fourth-order valence-electron chi connectivity index (χ4n) is 1.64. The summed E-state index contributed by atoms with van der Waals surface area (Å²) in [5.74, 6) is 0. The highest BCUT2D eigenvalue weighted by atomic mass is 32.1. The Morgan fingerprint density at radius 2 is 1.35 bits per heavy atom. The van der Waals surface area contributed by atoms with E-state index in [0.717, 1.165) is 18.0 Å². The summed E-state index contributed by atoms with van der Waals surface area (Å²) >= 11 is 5.32. The van der Waals surface area contributed by atoms with Gasteiger partial charge < -0.3 is 5.32 Å². The smallest absolute Gasteiger partial charge is 0.0800 e. The molecule has 0 radical (unpaired) electrons. The van der Waals surface area contributed by atoms with Gasteiger partial charge in [0, 0.05) is 13.0 Å². The molecule has 0 atom stereocenters. The third kappa shape index (κ3) is 4.00. The minimum Gasteiger partial charge on any atom is -0.375 e. The van der Waals surface area contributed by atoms with Gasteiger partial charge in [-0.15, -0.1) is 0 Å². The van der Waals surface area contributed by atoms with E-state index in [9.17, 15) is 0 Å². The number of hydrogen-bond donors (Lipinski definition) is 1. The van der Waals surface area contributed by atoms with Crippen LogP contribution in [0.1, 0.15) is 11.1 Å². The van der Waals surface area contributed by atoms with Crippen LogP contribution in [0.5, 0.6) is 0 Å². The van der Waals surface area contributed by atoms with E-state index in [1.165, 1.54) is 11.1 Å². The molecule has 2 rings (SSSR count). The normalized spacial score (nSPS) is 9.88. The van der Waals surface area contributed by atoms with Crippen molar-refractivity contribution >= 4 is 17.2 Å². The molecule has 17 heavy (non-hydrogen) atoms. The first-order valence-electron chi connectivity index (χ1n) is 5.69. The van der Waals surface area contributed by atoms with Gasteiger partial charge in [0.1, 0.15) is 0 Å². The van der Waals surface area contributed by atoms with Crippen molar-refractivity contribution in [2.24, 2.45) is 0 Å². The Morgan fingerprint density at radius 3 is 1.94 bits per heavy atom. The molecular formula is C15H15NS. The maximum atomic E-state index is 5.32. The first kappa shape index (κ1) is 11.8. The molecule has 0 aliphatic carbocycles. The highest BCUT2D eigenvalue weighted by molar-refractivity contribution is 7.80. The Balaban J connectivity index is 1.83. The van der Waals surface area contributed by atoms with Crippen LogP contribution in [0, 0.1) is 0 Å². The average molecular weight is 241 g/mol. The van der Waals surface area contributed by atoms with Crippen LogP contribution < -0.4 is 5.32 Å². The molecule has 0 aliphatic rings. The van der Waals surface area contributed by atoms with Crippen molar-refractivity contribution in [3.05, 3.63) is 71.8 Å². The summed E-state index contributed by atoms with van der Waals surface area (Å²) in [5.41, 5.74) is 2.50. The molecule has 2 aromatic rings. The van der Waals surface area contributed by atoms with Crippen LogP contribution in [0.3, 0.4) is 0 Å². The van der Waals surface area contributed by atoms with E-state index in [1.54, 1.807) is 0 Å². The van der Waals surface area contributed by atoms with Gasteiger partial charge in [0.15, 0.2) is 0 Å². The van der Waals surface area contributed by atoms with Gasteiger partial charge in [-0.3, -0.25) is 0 Å². The van der Waals surface area contributed by atoms with E-state index >= 15 is 0 Å². The highest BCUT2D eigenvalue weighted by Crippen LogP contribution is 2.02. The van der Waals surface area contributed by atoms with Crippen molar-refractivity contribution in [3.63, 3.8) is 0 Å². The molecule has 1 N–H and O–H groups in total. The number of benzene rings is 2. The topological polar surface area (TPSA) is 12.0 Å². The molecule has 0 unspecified atom stereocenters. The first-order chi connectivity index (χ1) is 8.34. The van der Waals surface area contributed by atoms with E-state index < -0.39 is 0 Å². The van der Waals surface area contributed by atoms with Crippen LogP contribution in [0.15, 0.2) is 60.7 Å². The van der Waals surface area contributed by atoms with E-state index in [2.05, 4.69) is 29.6 Å². The van der Waals surface area contributed by atoms with Crippen molar-refractivity contribution < 1.29 is 0 Å². The second kappa shape index (κ2) is 6.16. The lowest BCUT2D eigenvalue weighted by molar-refractivity contribution is 0.912. The second-order valence-electron chi connectivity index (χ2n) is 3.92. The van der Waals surface area contributed by atoms with Crippen molar-refractivity contribution in [1.29, 1.82) is 0 Å². The summed E-state index contributed by atoms with van der Waals surface area (Å²) in [7, 11) is 0. The Bertz CT molecular complexity index is 465. The Labute approximate surface area is 107 Å². The van der Waals surface area contributed by atoms with Crippen molar-refractivity contribution in [2.45, 2.75) is 13.0 Å². The number of thiocarbonyl (C=S) groups is 1. The molecule has 86 valence electrons. The predicted octanol–water partition coefficient (Wildman–Crippen LogP) is 3.35. The largest absolute Gasteiger partial charge is 0.375 e. The summed E-state index contributed by atoms with van der Waals surface area (Å²) in [6, 6.07) is 20.6. The summed E-state index contributed by atoms with van der Waals surface area (Å²) in [5, 5.41) is 3.28. The monoisotopic (exact) mass is 241 g/mol. The lowest BCUT2D eigenvalue weighted by Crippen LogP contribution is -2.22. The molecule has 2 aromatic carbocycles. The summed E-state index contributed by atoms with van der Waals surface area (Å²) in [6.07, 6.45) is 0.809. The molecule has 0 aliphatic heterocycles. The van der Waals surface area contributed by atoms with Crippen molar-refractivity contribution in [1.82, 2.24) is 5.32 Å². The van der Waals surface area contributed by atoms with Crippen molar-refractivity contribution in [2.75, 3.05) is 0 Å². The molecule has 0 amide bonds. The lowest BCUT2D eigenvalue weighted by Gasteiger charge is -2.07. The number of hydrogen-bond acceptors (Lipinski definition) is 1. The molecule has 0 heterocycles. The third-order valence-electron chi connectivity index (χ3n) is 2.54. The zero-order valence-corrected chi connectivity index (χ0v) is 10.4. The fourth-order valence-corrected chi connectivity index (χ4v) is 1.88. The van der Waals surface area contributed by atoms with E-state index in [-0.39, 0.29) is 0 Å². The Morgan fingerprint density at radius 1 is 0.824 bits per heavy atom.